The third-order valence-electron chi connectivity index (χ3n) is 5.76. The third-order valence-corrected chi connectivity index (χ3v) is 5.76. The Bertz CT molecular complexity index is 1250. The number of methoxy groups -OCH3 is 1. The largest absolute Gasteiger partial charge is 0.507 e. The predicted molar refractivity (Wildman–Crippen MR) is 120 cm³/mol. The van der Waals surface area contributed by atoms with Gasteiger partial charge in [0.25, 0.3) is 11.7 Å². The van der Waals surface area contributed by atoms with Crippen LogP contribution in [0.25, 0.3) is 5.76 Å². The fraction of sp³-hybridized carbons (Fsp3) is 0.154. The second-order valence-electron chi connectivity index (χ2n) is 7.69. The molecule has 162 valence electrons. The number of amides is 1. The fourth-order valence-electron chi connectivity index (χ4n) is 3.93. The lowest BCUT2D eigenvalue weighted by Gasteiger charge is -2.26. The van der Waals surface area contributed by atoms with Crippen molar-refractivity contribution < 1.29 is 23.8 Å². The van der Waals surface area contributed by atoms with Gasteiger partial charge in [-0.25, -0.2) is 4.39 Å². The molecule has 0 aromatic heterocycles. The van der Waals surface area contributed by atoms with E-state index in [1.165, 1.54) is 36.3 Å². The van der Waals surface area contributed by atoms with E-state index in [1.54, 1.807) is 36.4 Å². The second-order valence-corrected chi connectivity index (χ2v) is 7.69. The van der Waals surface area contributed by atoms with Gasteiger partial charge in [0, 0.05) is 16.8 Å². The van der Waals surface area contributed by atoms with Gasteiger partial charge >= 0.3 is 0 Å². The molecule has 1 saturated heterocycles. The topological polar surface area (TPSA) is 66.8 Å². The van der Waals surface area contributed by atoms with E-state index < -0.39 is 23.5 Å². The van der Waals surface area contributed by atoms with Crippen LogP contribution in [0.2, 0.25) is 0 Å². The minimum absolute atomic E-state index is 0.0490. The summed E-state index contributed by atoms with van der Waals surface area (Å²) in [5, 5.41) is 11.2. The van der Waals surface area contributed by atoms with E-state index in [4.69, 9.17) is 4.74 Å². The second kappa shape index (κ2) is 8.30. The van der Waals surface area contributed by atoms with Gasteiger partial charge in [0.1, 0.15) is 17.3 Å². The molecule has 0 radical (unpaired) electrons. The summed E-state index contributed by atoms with van der Waals surface area (Å²) in [5.74, 6) is -1.90. The van der Waals surface area contributed by atoms with Crippen molar-refractivity contribution in [2.75, 3.05) is 12.0 Å². The highest BCUT2D eigenvalue weighted by molar-refractivity contribution is 6.51. The summed E-state index contributed by atoms with van der Waals surface area (Å²) in [4.78, 5) is 27.6. The van der Waals surface area contributed by atoms with Crippen molar-refractivity contribution in [1.29, 1.82) is 0 Å². The van der Waals surface area contributed by atoms with E-state index in [0.717, 1.165) is 11.1 Å². The lowest BCUT2D eigenvalue weighted by Crippen LogP contribution is -2.29. The number of ketones is 1. The summed E-state index contributed by atoms with van der Waals surface area (Å²) in [6, 6.07) is 16.7. The van der Waals surface area contributed by atoms with E-state index in [1.807, 2.05) is 19.9 Å². The van der Waals surface area contributed by atoms with Crippen LogP contribution in [-0.2, 0) is 9.59 Å². The number of Topliss-reactive ketones (excluding diaryl/α,β-unsaturated/α-hetero) is 1. The maximum absolute atomic E-state index is 13.5. The summed E-state index contributed by atoms with van der Waals surface area (Å²) in [6.07, 6.45) is 0. The Morgan fingerprint density at radius 2 is 1.66 bits per heavy atom. The Hall–Kier alpha value is -3.93. The zero-order valence-corrected chi connectivity index (χ0v) is 17.9. The molecule has 0 bridgehead atoms. The number of benzene rings is 3. The molecule has 1 atom stereocenters. The maximum atomic E-state index is 13.5. The van der Waals surface area contributed by atoms with Crippen LogP contribution in [0.5, 0.6) is 5.75 Å². The molecular formula is C26H22FNO4. The van der Waals surface area contributed by atoms with Crippen molar-refractivity contribution in [1.82, 2.24) is 0 Å². The van der Waals surface area contributed by atoms with E-state index in [2.05, 4.69) is 0 Å². The number of carbonyl (C=O) groups is 2. The average Bonchev–Trinajstić information content (AvgIpc) is 3.06. The molecule has 32 heavy (non-hydrogen) atoms. The van der Waals surface area contributed by atoms with Crippen LogP contribution in [-0.4, -0.2) is 23.9 Å². The van der Waals surface area contributed by atoms with Crippen LogP contribution in [0.3, 0.4) is 0 Å². The van der Waals surface area contributed by atoms with E-state index in [0.29, 0.717) is 22.6 Å². The van der Waals surface area contributed by atoms with E-state index in [9.17, 15) is 19.1 Å². The molecule has 1 heterocycles. The Kier molecular flexibility index (Phi) is 5.53. The van der Waals surface area contributed by atoms with Crippen molar-refractivity contribution in [3.8, 4) is 5.75 Å². The predicted octanol–water partition coefficient (Wildman–Crippen LogP) is 5.08. The summed E-state index contributed by atoms with van der Waals surface area (Å²) < 4.78 is 19.0. The van der Waals surface area contributed by atoms with E-state index in [-0.39, 0.29) is 11.3 Å². The van der Waals surface area contributed by atoms with Crippen molar-refractivity contribution >= 4 is 23.1 Å². The lowest BCUT2D eigenvalue weighted by atomic mass is 9.93. The minimum Gasteiger partial charge on any atom is -0.507 e. The monoisotopic (exact) mass is 431 g/mol. The number of hydrogen-bond acceptors (Lipinski definition) is 4. The molecular weight excluding hydrogens is 409 g/mol. The van der Waals surface area contributed by atoms with E-state index >= 15 is 0 Å². The number of nitrogens with zero attached hydrogens (tertiary/aromatic N) is 1. The van der Waals surface area contributed by atoms with Crippen LogP contribution in [0.15, 0.2) is 72.3 Å². The van der Waals surface area contributed by atoms with Crippen molar-refractivity contribution in [3.05, 3.63) is 100 Å². The lowest BCUT2D eigenvalue weighted by molar-refractivity contribution is -0.132. The molecule has 1 unspecified atom stereocenters. The van der Waals surface area contributed by atoms with Crippen LogP contribution in [0.4, 0.5) is 10.1 Å². The highest BCUT2D eigenvalue weighted by Gasteiger charge is 2.47. The Labute approximate surface area is 185 Å². The Morgan fingerprint density at radius 1 is 0.969 bits per heavy atom. The third kappa shape index (κ3) is 3.54. The number of aliphatic hydroxyl groups excluding tert-OH is 1. The standard InChI is InChI=1S/C26H22FNO4/c1-15-8-9-17(14-16(15)2)24(29)22-23(20-6-4-5-7-21(20)32-3)28(26(31)25(22)30)19-12-10-18(27)11-13-19/h4-14,23,29H,1-3H3/b24-22+. The number of rotatable bonds is 4. The number of hydrogen-bond donors (Lipinski definition) is 1. The first-order chi connectivity index (χ1) is 15.3. The smallest absolute Gasteiger partial charge is 0.300 e. The zero-order chi connectivity index (χ0) is 23.0. The molecule has 1 aliphatic rings. The molecule has 0 saturated carbocycles. The number of anilines is 1. The molecule has 1 amide bonds. The van der Waals surface area contributed by atoms with Gasteiger partial charge in [-0.05, 0) is 61.4 Å². The molecule has 3 aromatic carbocycles. The molecule has 1 fully saturated rings. The number of carbonyl (C=O) groups excluding carboxylic acids is 2. The van der Waals surface area contributed by atoms with Gasteiger partial charge in [-0.2, -0.15) is 0 Å². The van der Waals surface area contributed by atoms with Crippen LogP contribution < -0.4 is 9.64 Å². The summed E-state index contributed by atoms with van der Waals surface area (Å²) in [6.45, 7) is 3.85. The first-order valence-electron chi connectivity index (χ1n) is 10.1. The van der Waals surface area contributed by atoms with Crippen LogP contribution in [0.1, 0.15) is 28.3 Å². The molecule has 3 aromatic rings. The molecule has 1 aliphatic heterocycles. The highest BCUT2D eigenvalue weighted by atomic mass is 19.1. The molecule has 6 heteroatoms. The summed E-state index contributed by atoms with van der Waals surface area (Å²) in [5.41, 5.74) is 3.23. The number of halogens is 1. The van der Waals surface area contributed by atoms with Gasteiger partial charge in [-0.3, -0.25) is 14.5 Å². The van der Waals surface area contributed by atoms with Gasteiger partial charge in [0.05, 0.1) is 18.7 Å². The quantitative estimate of drug-likeness (QED) is 0.356. The minimum atomic E-state index is -0.946. The highest BCUT2D eigenvalue weighted by Crippen LogP contribution is 2.44. The molecule has 1 N–H and O–H groups in total. The molecule has 4 rings (SSSR count). The number of aliphatic hydroxyl groups is 1. The normalized spacial score (nSPS) is 17.6. The van der Waals surface area contributed by atoms with Crippen molar-refractivity contribution in [3.63, 3.8) is 0 Å². The summed E-state index contributed by atoms with van der Waals surface area (Å²) in [7, 11) is 1.49. The van der Waals surface area contributed by atoms with Gasteiger partial charge in [-0.1, -0.05) is 30.3 Å². The molecule has 0 aliphatic carbocycles. The SMILES string of the molecule is COc1ccccc1C1/C(=C(\O)c2ccc(C)c(C)c2)C(=O)C(=O)N1c1ccc(F)cc1. The Balaban J connectivity index is 1.99. The first kappa shape index (κ1) is 21.3. The van der Waals surface area contributed by atoms with Crippen molar-refractivity contribution in [2.24, 2.45) is 0 Å². The van der Waals surface area contributed by atoms with Gasteiger partial charge in [0.15, 0.2) is 0 Å². The zero-order valence-electron chi connectivity index (χ0n) is 17.9. The van der Waals surface area contributed by atoms with Crippen LogP contribution in [0, 0.1) is 19.7 Å². The van der Waals surface area contributed by atoms with Crippen molar-refractivity contribution in [2.45, 2.75) is 19.9 Å². The molecule has 0 spiro atoms. The Morgan fingerprint density at radius 3 is 2.31 bits per heavy atom. The fourth-order valence-corrected chi connectivity index (χ4v) is 3.93. The summed E-state index contributed by atoms with van der Waals surface area (Å²) >= 11 is 0. The molecule has 5 nitrogen and oxygen atoms in total. The average molecular weight is 431 g/mol. The van der Waals surface area contributed by atoms with Gasteiger partial charge < -0.3 is 9.84 Å². The number of ether oxygens (including phenoxy) is 1. The van der Waals surface area contributed by atoms with Gasteiger partial charge in [0.2, 0.25) is 0 Å². The number of aryl methyl sites for hydroxylation is 2. The van der Waals surface area contributed by atoms with Gasteiger partial charge in [-0.15, -0.1) is 0 Å². The van der Waals surface area contributed by atoms with Crippen LogP contribution >= 0.6 is 0 Å². The first-order valence-corrected chi connectivity index (χ1v) is 10.1. The maximum Gasteiger partial charge on any atom is 0.300 e. The number of para-hydroxylation sites is 1.